The Morgan fingerprint density at radius 1 is 1.29 bits per heavy atom. The molecule has 0 unspecified atom stereocenters. The number of morpholine rings is 1. The molecule has 0 saturated carbocycles. The van der Waals surface area contributed by atoms with E-state index in [0.717, 1.165) is 28.2 Å². The third-order valence-corrected chi connectivity index (χ3v) is 3.31. The molecule has 3 rings (SSSR count). The minimum atomic E-state index is 0.246. The molecule has 7 heteroatoms. The lowest BCUT2D eigenvalue weighted by Gasteiger charge is -2.27. The third kappa shape index (κ3) is 2.21. The molecule has 1 saturated heterocycles. The molecule has 90 valence electrons. The average Bonchev–Trinajstić information content (AvgIpc) is 2.69. The Morgan fingerprint density at radius 2 is 2.06 bits per heavy atom. The monoisotopic (exact) mass is 365 g/mol. The number of ether oxygens (including phenoxy) is 1. The highest BCUT2D eigenvalue weighted by Gasteiger charge is 2.19. The molecule has 0 atom stereocenters. The van der Waals surface area contributed by atoms with Gasteiger partial charge in [0.1, 0.15) is 5.52 Å². The number of rotatable bonds is 1. The van der Waals surface area contributed by atoms with Gasteiger partial charge in [0.05, 0.1) is 13.2 Å². The van der Waals surface area contributed by atoms with Crippen LogP contribution in [-0.4, -0.2) is 36.3 Å². The maximum Gasteiger partial charge on any atom is 0.225 e. The van der Waals surface area contributed by atoms with Crippen LogP contribution in [-0.2, 0) is 4.74 Å². The second kappa shape index (κ2) is 4.58. The first kappa shape index (κ1) is 11.5. The maximum absolute atomic E-state index is 5.93. The molecule has 1 fully saturated rings. The Kier molecular flexibility index (Phi) is 3.10. The zero-order valence-corrected chi connectivity index (χ0v) is 11.7. The largest absolute Gasteiger partial charge is 0.445 e. The van der Waals surface area contributed by atoms with Gasteiger partial charge in [-0.3, -0.25) is 0 Å². The molecule has 3 heterocycles. The quantitative estimate of drug-likeness (QED) is 0.573. The summed E-state index contributed by atoms with van der Waals surface area (Å²) in [6, 6.07) is 1.85. The van der Waals surface area contributed by atoms with Gasteiger partial charge in [0.2, 0.25) is 5.28 Å². The van der Waals surface area contributed by atoms with Crippen LogP contribution in [0.15, 0.2) is 10.5 Å². The van der Waals surface area contributed by atoms with E-state index in [0.29, 0.717) is 18.8 Å². The number of hydrogen-bond acceptors (Lipinski definition) is 5. The SMILES string of the molecule is Clc1nc(N2CCOCC2)c2oc(I)cc2n1. The summed E-state index contributed by atoms with van der Waals surface area (Å²) < 4.78 is 11.7. The van der Waals surface area contributed by atoms with E-state index in [9.17, 15) is 0 Å². The van der Waals surface area contributed by atoms with Crippen molar-refractivity contribution in [1.82, 2.24) is 9.97 Å². The minimum Gasteiger partial charge on any atom is -0.445 e. The summed E-state index contributed by atoms with van der Waals surface area (Å²) in [4.78, 5) is 10.5. The molecule has 0 aliphatic carbocycles. The fourth-order valence-electron chi connectivity index (χ4n) is 1.85. The fourth-order valence-corrected chi connectivity index (χ4v) is 2.53. The average molecular weight is 366 g/mol. The van der Waals surface area contributed by atoms with Crippen LogP contribution in [0.2, 0.25) is 5.28 Å². The highest BCUT2D eigenvalue weighted by atomic mass is 127. The summed E-state index contributed by atoms with van der Waals surface area (Å²) >= 11 is 8.04. The van der Waals surface area contributed by atoms with Crippen molar-refractivity contribution in [2.24, 2.45) is 0 Å². The Hall–Kier alpha value is -0.600. The standard InChI is InChI=1S/C10H9ClIN3O2/c11-10-13-6-5-7(12)17-8(6)9(14-10)15-1-3-16-4-2-15/h5H,1-4H2. The molecule has 1 aliphatic heterocycles. The van der Waals surface area contributed by atoms with Crippen molar-refractivity contribution in [2.75, 3.05) is 31.2 Å². The van der Waals surface area contributed by atoms with Crippen LogP contribution in [0.3, 0.4) is 0 Å². The summed E-state index contributed by atoms with van der Waals surface area (Å²) in [5.74, 6) is 0.756. The van der Waals surface area contributed by atoms with Gasteiger partial charge in [-0.2, -0.15) is 4.98 Å². The molecule has 5 nitrogen and oxygen atoms in total. The number of aromatic nitrogens is 2. The van der Waals surface area contributed by atoms with E-state index in [-0.39, 0.29) is 5.28 Å². The lowest BCUT2D eigenvalue weighted by atomic mass is 10.3. The van der Waals surface area contributed by atoms with Crippen molar-refractivity contribution < 1.29 is 9.15 Å². The number of nitrogens with zero attached hydrogens (tertiary/aromatic N) is 3. The zero-order valence-electron chi connectivity index (χ0n) is 8.82. The summed E-state index contributed by atoms with van der Waals surface area (Å²) in [7, 11) is 0. The van der Waals surface area contributed by atoms with E-state index in [1.54, 1.807) is 0 Å². The van der Waals surface area contributed by atoms with Crippen LogP contribution in [0.4, 0.5) is 5.82 Å². The molecule has 0 N–H and O–H groups in total. The second-order valence-corrected chi connectivity index (χ2v) is 5.08. The van der Waals surface area contributed by atoms with Gasteiger partial charge in [-0.1, -0.05) is 0 Å². The van der Waals surface area contributed by atoms with Crippen LogP contribution in [0.5, 0.6) is 0 Å². The van der Waals surface area contributed by atoms with Gasteiger partial charge in [-0.05, 0) is 34.2 Å². The van der Waals surface area contributed by atoms with Gasteiger partial charge in [-0.15, -0.1) is 0 Å². The van der Waals surface area contributed by atoms with E-state index in [2.05, 4.69) is 37.5 Å². The van der Waals surface area contributed by atoms with E-state index in [4.69, 9.17) is 20.8 Å². The van der Waals surface area contributed by atoms with Gasteiger partial charge in [0.15, 0.2) is 15.2 Å². The van der Waals surface area contributed by atoms with Crippen molar-refractivity contribution in [3.8, 4) is 0 Å². The van der Waals surface area contributed by atoms with Crippen LogP contribution in [0.25, 0.3) is 11.1 Å². The number of halogens is 2. The maximum atomic E-state index is 5.93. The Labute approximate surface area is 116 Å². The normalized spacial score (nSPS) is 16.7. The molecule has 2 aromatic rings. The molecule has 0 spiro atoms. The molecule has 0 aromatic carbocycles. The molecular weight excluding hydrogens is 356 g/mol. The van der Waals surface area contributed by atoms with Crippen molar-refractivity contribution >= 4 is 51.1 Å². The summed E-state index contributed by atoms with van der Waals surface area (Å²) in [6.07, 6.45) is 0. The summed E-state index contributed by atoms with van der Waals surface area (Å²) in [5.41, 5.74) is 1.44. The fraction of sp³-hybridized carbons (Fsp3) is 0.400. The first-order valence-corrected chi connectivity index (χ1v) is 6.65. The van der Waals surface area contributed by atoms with Gasteiger partial charge >= 0.3 is 0 Å². The first-order valence-electron chi connectivity index (χ1n) is 5.19. The number of anilines is 1. The van der Waals surface area contributed by atoms with E-state index in [1.165, 1.54) is 0 Å². The van der Waals surface area contributed by atoms with Gasteiger partial charge in [0.25, 0.3) is 0 Å². The number of fused-ring (bicyclic) bond motifs is 1. The smallest absolute Gasteiger partial charge is 0.225 e. The van der Waals surface area contributed by atoms with Crippen LogP contribution >= 0.6 is 34.2 Å². The zero-order chi connectivity index (χ0) is 11.8. The van der Waals surface area contributed by atoms with Crippen LogP contribution in [0, 0.1) is 3.77 Å². The highest BCUT2D eigenvalue weighted by molar-refractivity contribution is 14.1. The topological polar surface area (TPSA) is 51.4 Å². The van der Waals surface area contributed by atoms with E-state index in [1.807, 2.05) is 6.07 Å². The molecule has 1 aliphatic rings. The molecule has 0 radical (unpaired) electrons. The van der Waals surface area contributed by atoms with E-state index >= 15 is 0 Å². The number of hydrogen-bond donors (Lipinski definition) is 0. The molecular formula is C10H9ClIN3O2. The lowest BCUT2D eigenvalue weighted by Crippen LogP contribution is -2.36. The van der Waals surface area contributed by atoms with Crippen molar-refractivity contribution in [2.45, 2.75) is 0 Å². The van der Waals surface area contributed by atoms with Crippen LogP contribution in [0.1, 0.15) is 0 Å². The highest BCUT2D eigenvalue weighted by Crippen LogP contribution is 2.29. The molecule has 0 bridgehead atoms. The van der Waals surface area contributed by atoms with Crippen molar-refractivity contribution in [3.63, 3.8) is 0 Å². The molecule has 17 heavy (non-hydrogen) atoms. The molecule has 0 amide bonds. The Balaban J connectivity index is 2.12. The summed E-state index contributed by atoms with van der Waals surface area (Å²) in [6.45, 7) is 2.97. The van der Waals surface area contributed by atoms with Crippen LogP contribution < -0.4 is 4.90 Å². The second-order valence-electron chi connectivity index (χ2n) is 3.68. The predicted molar refractivity (Wildman–Crippen MR) is 72.6 cm³/mol. The first-order chi connectivity index (χ1) is 8.24. The van der Waals surface area contributed by atoms with Gasteiger partial charge < -0.3 is 14.1 Å². The molecule has 2 aromatic heterocycles. The van der Waals surface area contributed by atoms with E-state index < -0.39 is 0 Å². The summed E-state index contributed by atoms with van der Waals surface area (Å²) in [5, 5.41) is 0.246. The van der Waals surface area contributed by atoms with Gasteiger partial charge in [0, 0.05) is 19.2 Å². The van der Waals surface area contributed by atoms with Gasteiger partial charge in [-0.25, -0.2) is 4.98 Å². The van der Waals surface area contributed by atoms with Crippen molar-refractivity contribution in [3.05, 3.63) is 15.1 Å². The minimum absolute atomic E-state index is 0.246. The Bertz CT molecular complexity index is 554. The predicted octanol–water partition coefficient (Wildman–Crippen LogP) is 2.32. The van der Waals surface area contributed by atoms with Crippen molar-refractivity contribution in [1.29, 1.82) is 0 Å². The lowest BCUT2D eigenvalue weighted by molar-refractivity contribution is 0.122. The Morgan fingerprint density at radius 3 is 2.82 bits per heavy atom. The number of furan rings is 1. The third-order valence-electron chi connectivity index (χ3n) is 2.61.